The van der Waals surface area contributed by atoms with Crippen LogP contribution in [-0.2, 0) is 6.54 Å². The Labute approximate surface area is 114 Å². The van der Waals surface area contributed by atoms with Gasteiger partial charge in [-0.1, -0.05) is 23.8 Å². The van der Waals surface area contributed by atoms with Gasteiger partial charge in [0.2, 0.25) is 0 Å². The first-order valence-electron chi connectivity index (χ1n) is 7.06. The highest BCUT2D eigenvalue weighted by Crippen LogP contribution is 2.23. The van der Waals surface area contributed by atoms with Gasteiger partial charge < -0.3 is 5.32 Å². The second-order valence-electron chi connectivity index (χ2n) is 5.56. The van der Waals surface area contributed by atoms with E-state index < -0.39 is 0 Å². The van der Waals surface area contributed by atoms with Gasteiger partial charge in [0.05, 0.1) is 12.7 Å². The molecule has 0 bridgehead atoms. The van der Waals surface area contributed by atoms with E-state index >= 15 is 0 Å². The summed E-state index contributed by atoms with van der Waals surface area (Å²) in [6.07, 6.45) is 6.69. The number of hydrogen-bond donors (Lipinski definition) is 1. The molecule has 1 aliphatic heterocycles. The van der Waals surface area contributed by atoms with Gasteiger partial charge in [-0.3, -0.25) is 4.68 Å². The lowest BCUT2D eigenvalue weighted by Gasteiger charge is -2.09. The van der Waals surface area contributed by atoms with E-state index in [1.165, 1.54) is 35.1 Å². The van der Waals surface area contributed by atoms with E-state index in [0.717, 1.165) is 13.1 Å². The molecule has 0 saturated carbocycles. The molecule has 0 spiro atoms. The zero-order valence-electron chi connectivity index (χ0n) is 11.7. The van der Waals surface area contributed by atoms with Crippen molar-refractivity contribution in [2.45, 2.75) is 39.3 Å². The number of rotatable bonds is 3. The minimum absolute atomic E-state index is 0.590. The van der Waals surface area contributed by atoms with Crippen LogP contribution in [0.4, 0.5) is 0 Å². The molecule has 1 saturated heterocycles. The number of aromatic nitrogens is 2. The second kappa shape index (κ2) is 5.17. The molecular weight excluding hydrogens is 234 g/mol. The molecular formula is C16H21N3. The van der Waals surface area contributed by atoms with Crippen LogP contribution >= 0.6 is 0 Å². The second-order valence-corrected chi connectivity index (χ2v) is 5.56. The molecule has 3 heteroatoms. The minimum Gasteiger partial charge on any atom is -0.312 e. The van der Waals surface area contributed by atoms with Crippen molar-refractivity contribution in [1.29, 1.82) is 0 Å². The summed E-state index contributed by atoms with van der Waals surface area (Å²) in [5.41, 5.74) is 5.13. The number of hydrogen-bond acceptors (Lipinski definition) is 2. The van der Waals surface area contributed by atoms with Crippen molar-refractivity contribution >= 4 is 0 Å². The van der Waals surface area contributed by atoms with Crippen molar-refractivity contribution in [2.24, 2.45) is 0 Å². The van der Waals surface area contributed by atoms with Gasteiger partial charge >= 0.3 is 0 Å². The Hall–Kier alpha value is -1.61. The topological polar surface area (TPSA) is 29.9 Å². The molecule has 1 fully saturated rings. The molecule has 1 atom stereocenters. The highest BCUT2D eigenvalue weighted by Gasteiger charge is 2.15. The normalized spacial score (nSPS) is 18.9. The van der Waals surface area contributed by atoms with E-state index in [9.17, 15) is 0 Å². The van der Waals surface area contributed by atoms with Crippen LogP contribution in [0.2, 0.25) is 0 Å². The highest BCUT2D eigenvalue weighted by molar-refractivity contribution is 5.66. The predicted octanol–water partition coefficient (Wildman–Crippen LogP) is 2.92. The lowest BCUT2D eigenvalue weighted by molar-refractivity contribution is 0.476. The molecule has 2 aromatic rings. The average Bonchev–Trinajstić information content (AvgIpc) is 3.01. The number of aryl methyl sites for hydroxylation is 2. The molecule has 1 unspecified atom stereocenters. The molecule has 0 radical (unpaired) electrons. The maximum Gasteiger partial charge on any atom is 0.0568 e. The van der Waals surface area contributed by atoms with Gasteiger partial charge in [-0.05, 0) is 44.4 Å². The Balaban J connectivity index is 1.80. The molecule has 1 aromatic carbocycles. The number of nitrogens with one attached hydrogen (secondary N) is 1. The van der Waals surface area contributed by atoms with Crippen molar-refractivity contribution in [3.63, 3.8) is 0 Å². The summed E-state index contributed by atoms with van der Waals surface area (Å²) in [5.74, 6) is 0. The first-order chi connectivity index (χ1) is 9.22. The summed E-state index contributed by atoms with van der Waals surface area (Å²) in [6.45, 7) is 6.42. The van der Waals surface area contributed by atoms with Gasteiger partial charge in [0.15, 0.2) is 0 Å². The largest absolute Gasteiger partial charge is 0.312 e. The standard InChI is InChI=1S/C16H21N3/c1-12-5-6-16(13(2)8-12)14-9-18-19(10-14)11-15-4-3-7-17-15/h5-6,8-10,15,17H,3-4,7,11H2,1-2H3. The molecule has 0 aliphatic carbocycles. The fraction of sp³-hybridized carbons (Fsp3) is 0.438. The van der Waals surface area contributed by atoms with Crippen molar-refractivity contribution in [3.05, 3.63) is 41.7 Å². The van der Waals surface area contributed by atoms with Crippen LogP contribution < -0.4 is 5.32 Å². The summed E-state index contributed by atoms with van der Waals surface area (Å²) in [7, 11) is 0. The summed E-state index contributed by atoms with van der Waals surface area (Å²) in [4.78, 5) is 0. The zero-order valence-corrected chi connectivity index (χ0v) is 11.7. The van der Waals surface area contributed by atoms with Crippen molar-refractivity contribution < 1.29 is 0 Å². The van der Waals surface area contributed by atoms with Crippen LogP contribution in [-0.4, -0.2) is 22.4 Å². The zero-order chi connectivity index (χ0) is 13.2. The lowest BCUT2D eigenvalue weighted by Crippen LogP contribution is -2.26. The molecule has 19 heavy (non-hydrogen) atoms. The monoisotopic (exact) mass is 255 g/mol. The van der Waals surface area contributed by atoms with Crippen molar-refractivity contribution in [3.8, 4) is 11.1 Å². The lowest BCUT2D eigenvalue weighted by atomic mass is 10.0. The van der Waals surface area contributed by atoms with E-state index in [1.807, 2.05) is 6.20 Å². The maximum atomic E-state index is 4.50. The first-order valence-corrected chi connectivity index (χ1v) is 7.06. The first kappa shape index (κ1) is 12.4. The van der Waals surface area contributed by atoms with E-state index in [4.69, 9.17) is 0 Å². The minimum atomic E-state index is 0.590. The third-order valence-electron chi connectivity index (χ3n) is 3.90. The predicted molar refractivity (Wildman–Crippen MR) is 78.2 cm³/mol. The van der Waals surface area contributed by atoms with E-state index in [0.29, 0.717) is 6.04 Å². The highest BCUT2D eigenvalue weighted by atomic mass is 15.3. The van der Waals surface area contributed by atoms with Gasteiger partial charge in [-0.2, -0.15) is 5.10 Å². The quantitative estimate of drug-likeness (QED) is 0.914. The van der Waals surface area contributed by atoms with Gasteiger partial charge in [0.1, 0.15) is 0 Å². The van der Waals surface area contributed by atoms with Gasteiger partial charge in [-0.15, -0.1) is 0 Å². The van der Waals surface area contributed by atoms with Crippen LogP contribution in [0.25, 0.3) is 11.1 Å². The molecule has 3 nitrogen and oxygen atoms in total. The summed E-state index contributed by atoms with van der Waals surface area (Å²) in [6, 6.07) is 7.18. The Morgan fingerprint density at radius 3 is 3.00 bits per heavy atom. The molecule has 0 amide bonds. The van der Waals surface area contributed by atoms with Crippen LogP contribution in [0.5, 0.6) is 0 Å². The van der Waals surface area contributed by atoms with Crippen molar-refractivity contribution in [2.75, 3.05) is 6.54 Å². The SMILES string of the molecule is Cc1ccc(-c2cnn(CC3CCCN3)c2)c(C)c1. The third kappa shape index (κ3) is 2.71. The van der Waals surface area contributed by atoms with E-state index in [-0.39, 0.29) is 0 Å². The Kier molecular flexibility index (Phi) is 3.38. The van der Waals surface area contributed by atoms with E-state index in [1.54, 1.807) is 0 Å². The summed E-state index contributed by atoms with van der Waals surface area (Å²) >= 11 is 0. The fourth-order valence-corrected chi connectivity index (χ4v) is 2.88. The maximum absolute atomic E-state index is 4.50. The summed E-state index contributed by atoms with van der Waals surface area (Å²) < 4.78 is 2.07. The number of benzene rings is 1. The molecule has 1 N–H and O–H groups in total. The average molecular weight is 255 g/mol. The molecule has 100 valence electrons. The van der Waals surface area contributed by atoms with Gasteiger partial charge in [-0.25, -0.2) is 0 Å². The Bertz CT molecular complexity index is 565. The smallest absolute Gasteiger partial charge is 0.0568 e. The molecule has 1 aliphatic rings. The van der Waals surface area contributed by atoms with Gasteiger partial charge in [0.25, 0.3) is 0 Å². The fourth-order valence-electron chi connectivity index (χ4n) is 2.88. The van der Waals surface area contributed by atoms with E-state index in [2.05, 4.69) is 53.3 Å². The molecule has 1 aromatic heterocycles. The summed E-state index contributed by atoms with van der Waals surface area (Å²) in [5, 5.41) is 8.01. The Morgan fingerprint density at radius 1 is 1.37 bits per heavy atom. The van der Waals surface area contributed by atoms with Crippen LogP contribution in [0.3, 0.4) is 0 Å². The Morgan fingerprint density at radius 2 is 2.26 bits per heavy atom. The van der Waals surface area contributed by atoms with Gasteiger partial charge in [0, 0.05) is 17.8 Å². The van der Waals surface area contributed by atoms with Crippen LogP contribution in [0, 0.1) is 13.8 Å². The van der Waals surface area contributed by atoms with Crippen LogP contribution in [0.15, 0.2) is 30.6 Å². The molecule has 2 heterocycles. The third-order valence-corrected chi connectivity index (χ3v) is 3.90. The van der Waals surface area contributed by atoms with Crippen molar-refractivity contribution in [1.82, 2.24) is 15.1 Å². The van der Waals surface area contributed by atoms with Crippen LogP contribution in [0.1, 0.15) is 24.0 Å². The molecule has 3 rings (SSSR count). The number of nitrogens with zero attached hydrogens (tertiary/aromatic N) is 2.